The van der Waals surface area contributed by atoms with Crippen molar-refractivity contribution in [3.05, 3.63) is 23.8 Å². The molecule has 2 rings (SSSR count). The Kier molecular flexibility index (Phi) is 4.01. The van der Waals surface area contributed by atoms with Crippen molar-refractivity contribution < 1.29 is 13.2 Å². The molecule has 0 spiro atoms. The zero-order chi connectivity index (χ0) is 14.9. The van der Waals surface area contributed by atoms with E-state index in [1.807, 2.05) is 0 Å². The molecule has 3 N–H and O–H groups in total. The van der Waals surface area contributed by atoms with Crippen molar-refractivity contribution in [3.63, 3.8) is 0 Å². The van der Waals surface area contributed by atoms with Gasteiger partial charge in [0.25, 0.3) is 0 Å². The number of nitrogens with two attached hydrogens (primary N) is 1. The fourth-order valence-electron chi connectivity index (χ4n) is 2.33. The van der Waals surface area contributed by atoms with Crippen LogP contribution >= 0.6 is 0 Å². The molecule has 1 heterocycles. The Balaban J connectivity index is 2.17. The van der Waals surface area contributed by atoms with Gasteiger partial charge in [0.2, 0.25) is 15.9 Å². The number of nitrogen functional groups attached to an aromatic ring is 1. The van der Waals surface area contributed by atoms with Crippen LogP contribution in [-0.4, -0.2) is 38.9 Å². The first-order valence-corrected chi connectivity index (χ1v) is 7.90. The summed E-state index contributed by atoms with van der Waals surface area (Å²) in [4.78, 5) is 13.1. The van der Waals surface area contributed by atoms with E-state index in [0.29, 0.717) is 25.1 Å². The van der Waals surface area contributed by atoms with Gasteiger partial charge in [0.05, 0.1) is 4.90 Å². The molecule has 0 bridgehead atoms. The SMILES string of the molecule is Cc1cc(N)cc(S(=O)(=O)NC2CCC(=O)N(C)C2)c1. The van der Waals surface area contributed by atoms with E-state index in [1.54, 1.807) is 31.0 Å². The van der Waals surface area contributed by atoms with E-state index in [0.717, 1.165) is 5.56 Å². The Morgan fingerprint density at radius 3 is 2.65 bits per heavy atom. The summed E-state index contributed by atoms with van der Waals surface area (Å²) in [6.45, 7) is 2.18. The summed E-state index contributed by atoms with van der Waals surface area (Å²) in [6, 6.07) is 4.47. The maximum atomic E-state index is 12.3. The summed E-state index contributed by atoms with van der Waals surface area (Å²) in [6.07, 6.45) is 0.878. The molecule has 6 nitrogen and oxygen atoms in total. The van der Waals surface area contributed by atoms with Crippen LogP contribution in [0.1, 0.15) is 18.4 Å². The fourth-order valence-corrected chi connectivity index (χ4v) is 3.73. The smallest absolute Gasteiger partial charge is 0.240 e. The fraction of sp³-hybridized carbons (Fsp3) is 0.462. The Bertz CT molecular complexity index is 607. The Morgan fingerprint density at radius 2 is 2.05 bits per heavy atom. The van der Waals surface area contributed by atoms with Gasteiger partial charge in [-0.05, 0) is 37.1 Å². The second-order valence-corrected chi connectivity index (χ2v) is 6.92. The van der Waals surface area contributed by atoms with E-state index in [-0.39, 0.29) is 16.8 Å². The number of carbonyl (C=O) groups excluding carboxylic acids is 1. The average molecular weight is 297 g/mol. The zero-order valence-corrected chi connectivity index (χ0v) is 12.4. The molecule has 20 heavy (non-hydrogen) atoms. The van der Waals surface area contributed by atoms with Gasteiger partial charge < -0.3 is 10.6 Å². The predicted octanol–water partition coefficient (Wildman–Crippen LogP) is 0.476. The van der Waals surface area contributed by atoms with Gasteiger partial charge in [-0.3, -0.25) is 4.79 Å². The van der Waals surface area contributed by atoms with Gasteiger partial charge >= 0.3 is 0 Å². The standard InChI is InChI=1S/C13H19N3O3S/c1-9-5-10(14)7-12(6-9)20(18,19)15-11-3-4-13(17)16(2)8-11/h5-7,11,15H,3-4,8,14H2,1-2H3. The number of amides is 1. The van der Waals surface area contributed by atoms with Crippen LogP contribution in [0.3, 0.4) is 0 Å². The average Bonchev–Trinajstić information content (AvgIpc) is 2.32. The summed E-state index contributed by atoms with van der Waals surface area (Å²) in [5, 5.41) is 0. The molecule has 1 unspecified atom stereocenters. The Morgan fingerprint density at radius 1 is 1.35 bits per heavy atom. The molecule has 1 fully saturated rings. The van der Waals surface area contributed by atoms with Crippen LogP contribution in [0.4, 0.5) is 5.69 Å². The molecule has 0 aliphatic carbocycles. The van der Waals surface area contributed by atoms with E-state index in [2.05, 4.69) is 4.72 Å². The van der Waals surface area contributed by atoms with Crippen molar-refractivity contribution in [1.29, 1.82) is 0 Å². The third-order valence-electron chi connectivity index (χ3n) is 3.33. The molecule has 1 aromatic carbocycles. The maximum Gasteiger partial charge on any atom is 0.240 e. The molecule has 0 radical (unpaired) electrons. The largest absolute Gasteiger partial charge is 0.399 e. The van der Waals surface area contributed by atoms with E-state index in [1.165, 1.54) is 6.07 Å². The Labute approximate surface area is 119 Å². The molecule has 1 amide bonds. The van der Waals surface area contributed by atoms with Crippen molar-refractivity contribution in [1.82, 2.24) is 9.62 Å². The number of likely N-dealkylation sites (N-methyl/N-ethyl adjacent to an activating group) is 1. The van der Waals surface area contributed by atoms with Gasteiger partial charge in [-0.15, -0.1) is 0 Å². The number of rotatable bonds is 3. The topological polar surface area (TPSA) is 92.5 Å². The lowest BCUT2D eigenvalue weighted by Gasteiger charge is -2.30. The van der Waals surface area contributed by atoms with Gasteiger partial charge in [0, 0.05) is 31.7 Å². The van der Waals surface area contributed by atoms with Crippen LogP contribution in [0, 0.1) is 6.92 Å². The van der Waals surface area contributed by atoms with E-state index < -0.39 is 10.0 Å². The summed E-state index contributed by atoms with van der Waals surface area (Å²) in [5.41, 5.74) is 6.90. The summed E-state index contributed by atoms with van der Waals surface area (Å²) >= 11 is 0. The van der Waals surface area contributed by atoms with Crippen molar-refractivity contribution in [2.75, 3.05) is 19.3 Å². The number of nitrogens with zero attached hydrogens (tertiary/aromatic N) is 1. The number of sulfonamides is 1. The van der Waals surface area contributed by atoms with Crippen molar-refractivity contribution >= 4 is 21.6 Å². The van der Waals surface area contributed by atoms with E-state index in [4.69, 9.17) is 5.73 Å². The van der Waals surface area contributed by atoms with Gasteiger partial charge in [0.1, 0.15) is 0 Å². The van der Waals surface area contributed by atoms with Crippen LogP contribution in [-0.2, 0) is 14.8 Å². The number of hydrogen-bond acceptors (Lipinski definition) is 4. The third-order valence-corrected chi connectivity index (χ3v) is 4.83. The number of benzene rings is 1. The van der Waals surface area contributed by atoms with Gasteiger partial charge in [-0.25, -0.2) is 13.1 Å². The lowest BCUT2D eigenvalue weighted by molar-refractivity contribution is -0.132. The molecular weight excluding hydrogens is 278 g/mol. The molecule has 0 aromatic heterocycles. The normalized spacial score (nSPS) is 20.2. The first kappa shape index (κ1) is 14.8. The minimum absolute atomic E-state index is 0.0419. The number of piperidine rings is 1. The number of aryl methyl sites for hydroxylation is 1. The molecule has 0 saturated carbocycles. The van der Waals surface area contributed by atoms with Crippen LogP contribution in [0.2, 0.25) is 0 Å². The van der Waals surface area contributed by atoms with Crippen LogP contribution < -0.4 is 10.5 Å². The highest BCUT2D eigenvalue weighted by Gasteiger charge is 2.27. The summed E-state index contributed by atoms with van der Waals surface area (Å²) < 4.78 is 27.3. The highest BCUT2D eigenvalue weighted by molar-refractivity contribution is 7.89. The summed E-state index contributed by atoms with van der Waals surface area (Å²) in [5.74, 6) is 0.0419. The molecule has 1 aliphatic heterocycles. The molecular formula is C13H19N3O3S. The maximum absolute atomic E-state index is 12.3. The van der Waals surface area contributed by atoms with Gasteiger partial charge in [-0.1, -0.05) is 0 Å². The summed E-state index contributed by atoms with van der Waals surface area (Å²) in [7, 11) is -1.94. The quantitative estimate of drug-likeness (QED) is 0.794. The second kappa shape index (κ2) is 5.41. The highest BCUT2D eigenvalue weighted by atomic mass is 32.2. The highest BCUT2D eigenvalue weighted by Crippen LogP contribution is 2.18. The molecule has 1 aromatic rings. The molecule has 1 aliphatic rings. The van der Waals surface area contributed by atoms with Crippen LogP contribution in [0.15, 0.2) is 23.1 Å². The lowest BCUT2D eigenvalue weighted by Crippen LogP contribution is -2.48. The monoisotopic (exact) mass is 297 g/mol. The molecule has 1 atom stereocenters. The number of likely N-dealkylation sites (tertiary alicyclic amines) is 1. The third kappa shape index (κ3) is 3.29. The van der Waals surface area contributed by atoms with Gasteiger partial charge in [0.15, 0.2) is 0 Å². The first-order chi connectivity index (χ1) is 9.28. The van der Waals surface area contributed by atoms with Crippen molar-refractivity contribution in [3.8, 4) is 0 Å². The van der Waals surface area contributed by atoms with E-state index in [9.17, 15) is 13.2 Å². The molecule has 110 valence electrons. The van der Waals surface area contributed by atoms with Crippen molar-refractivity contribution in [2.24, 2.45) is 0 Å². The number of hydrogen-bond donors (Lipinski definition) is 2. The first-order valence-electron chi connectivity index (χ1n) is 6.41. The zero-order valence-electron chi connectivity index (χ0n) is 11.6. The van der Waals surface area contributed by atoms with Crippen LogP contribution in [0.5, 0.6) is 0 Å². The predicted molar refractivity (Wildman–Crippen MR) is 76.6 cm³/mol. The van der Waals surface area contributed by atoms with E-state index >= 15 is 0 Å². The molecule has 7 heteroatoms. The Hall–Kier alpha value is -1.60. The molecule has 1 saturated heterocycles. The minimum atomic E-state index is -3.61. The number of anilines is 1. The lowest BCUT2D eigenvalue weighted by atomic mass is 10.1. The number of carbonyl (C=O) groups is 1. The van der Waals surface area contributed by atoms with Crippen molar-refractivity contribution in [2.45, 2.75) is 30.7 Å². The minimum Gasteiger partial charge on any atom is -0.399 e. The van der Waals surface area contributed by atoms with Gasteiger partial charge in [-0.2, -0.15) is 0 Å². The van der Waals surface area contributed by atoms with Crippen LogP contribution in [0.25, 0.3) is 0 Å². The number of nitrogens with one attached hydrogen (secondary N) is 1. The second-order valence-electron chi connectivity index (χ2n) is 5.21.